The molecule has 0 unspecified atom stereocenters. The number of carboxylic acids is 1. The van der Waals surface area contributed by atoms with Crippen LogP contribution in [0.25, 0.3) is 10.8 Å². The Hall–Kier alpha value is -10.2. The molecule has 0 saturated heterocycles. The maximum Gasteiger partial charge on any atom is 0.326 e. The Morgan fingerprint density at radius 3 is 1.27 bits per heavy atom. The minimum atomic E-state index is -1.68. The van der Waals surface area contributed by atoms with Crippen molar-refractivity contribution in [2.24, 2.45) is 107 Å². The predicted molar refractivity (Wildman–Crippen MR) is 425 cm³/mol. The molecule has 12 atom stereocenters. The number of hydrogen-bond acceptors (Lipinski definition) is 20. The van der Waals surface area contributed by atoms with Gasteiger partial charge in [-0.3, -0.25) is 77.5 Å². The summed E-state index contributed by atoms with van der Waals surface area (Å²) in [5, 5.41) is 38.5. The number of nitrogens with two attached hydrogens (primary N) is 9. The van der Waals surface area contributed by atoms with Crippen molar-refractivity contribution in [1.82, 2.24) is 31.9 Å². The first-order valence-electron chi connectivity index (χ1n) is 36.4. The molecular weight excluding hydrogens is 1460 g/mol. The van der Waals surface area contributed by atoms with Gasteiger partial charge >= 0.3 is 5.97 Å². The highest BCUT2D eigenvalue weighted by Crippen LogP contribution is 2.26. The molecule has 606 valence electrons. The monoisotopic (exact) mass is 1570 g/mol. The van der Waals surface area contributed by atoms with Crippen LogP contribution in [0.3, 0.4) is 0 Å². The second-order valence-electron chi connectivity index (χ2n) is 28.4. The zero-order chi connectivity index (χ0) is 82.4. The van der Waals surface area contributed by atoms with Crippen molar-refractivity contribution in [1.29, 1.82) is 0 Å². The maximum absolute atomic E-state index is 15.4. The summed E-state index contributed by atoms with van der Waals surface area (Å²) in [5.41, 5.74) is 50.4. The summed E-state index contributed by atoms with van der Waals surface area (Å²) in [6, 6.07) is 12.9. The number of hydrogen-bond donors (Lipinski definition) is 19. The number of aliphatic imine (C=N–C) groups is 4. The molecule has 0 aliphatic heterocycles. The summed E-state index contributed by atoms with van der Waals surface area (Å²) >= 11 is 8.60. The number of carbonyl (C=O) groups is 13. The van der Waals surface area contributed by atoms with E-state index >= 15 is 14.4 Å². The second kappa shape index (κ2) is 48.3. The lowest BCUT2D eigenvalue weighted by Gasteiger charge is -2.30. The number of nitrogens with zero attached hydrogens (tertiary/aromatic N) is 4. The summed E-state index contributed by atoms with van der Waals surface area (Å²) in [7, 11) is 0. The number of aliphatic hydroxyl groups excluding tert-OH is 1. The zero-order valence-corrected chi connectivity index (χ0v) is 65.0. The van der Waals surface area contributed by atoms with Gasteiger partial charge in [-0.1, -0.05) is 93.6 Å². The van der Waals surface area contributed by atoms with Gasteiger partial charge in [0.05, 0.1) is 36.2 Å². The van der Waals surface area contributed by atoms with E-state index in [1.54, 1.807) is 57.2 Å². The Morgan fingerprint density at radius 1 is 0.427 bits per heavy atom. The van der Waals surface area contributed by atoms with Crippen molar-refractivity contribution in [3.05, 3.63) is 83.9 Å². The van der Waals surface area contributed by atoms with Gasteiger partial charge in [0.2, 0.25) is 41.4 Å². The molecule has 0 heterocycles. The summed E-state index contributed by atoms with van der Waals surface area (Å²) in [5.74, 6) is -18.0. The molecule has 0 aliphatic carbocycles. The van der Waals surface area contributed by atoms with E-state index in [4.69, 9.17) is 51.6 Å². The van der Waals surface area contributed by atoms with Crippen molar-refractivity contribution in [2.45, 2.75) is 186 Å². The van der Waals surface area contributed by atoms with Crippen LogP contribution in [0.1, 0.15) is 142 Å². The third-order valence-electron chi connectivity index (χ3n) is 18.1. The van der Waals surface area contributed by atoms with Crippen molar-refractivity contribution < 1.29 is 72.5 Å². The first-order chi connectivity index (χ1) is 51.8. The maximum atomic E-state index is 15.4. The SMILES string of the molecule is CC(=O)N[C@@H](CS)C(=O)C[C@@H](CCCN=C(N)N)C(=O)N[C@@H](CCCN=C(N)N)C(=O)C[C@@H](CCCN=C(N)N)C(=O)N[C@@H](Cc1ccccc1)C(=O)C[C@@H](Cc1ccc2ccccc2c1)C(=O)N[C@@H](CCC(N)=O)C(=O)C[C@@H](CS)C(=O)N[C@H](C(=O)C[C@@H](CCCN=C(N)N)C(=O)N[C@H](C(=O)O)C(C)(C)C)[C@@H](C)O. The number of rotatable bonds is 53. The number of ketones is 5. The van der Waals surface area contributed by atoms with Crippen molar-refractivity contribution in [3.8, 4) is 0 Å². The van der Waals surface area contributed by atoms with E-state index in [2.05, 4.69) is 77.1 Å². The van der Waals surface area contributed by atoms with E-state index in [0.717, 1.165) is 10.8 Å². The van der Waals surface area contributed by atoms with Gasteiger partial charge in [0.15, 0.2) is 52.8 Å². The summed E-state index contributed by atoms with van der Waals surface area (Å²) in [6.45, 7) is 7.34. The van der Waals surface area contributed by atoms with E-state index in [0.29, 0.717) is 11.1 Å². The lowest BCUT2D eigenvalue weighted by molar-refractivity contribution is -0.146. The number of amides is 7. The standard InChI is InChI=1S/C74H113N19O15S2/c1-41(94)62(60(100)36-49(21-13-29-86-72(80)81)66(104)93-63(69(107)108)74(3,4)5)92-68(106)51(39-109)38-57(97)53(25-26-61(75)101)90-67(105)50(32-44-23-24-45-17-9-10-18-46(45)31-44)37-58(98)54(33-43-15-7-6-8-16-43)91-65(103)47(19-11-27-84-70(76)77)34-56(96)52(22-14-30-87-73(82)83)89-64(102)48(20-12-28-85-71(78)79)35-59(99)55(40-110)88-42(2)95/h6-10,15-18,23-24,31,41,47-55,62-63,94,109-110H,11-14,19-22,25-30,32-40H2,1-5H3,(H2,75,101)(H,88,95)(H,89,102)(H,90,105)(H,91,103)(H,92,106)(H,93,104)(H,107,108)(H4,76,77,84)(H4,78,79,85)(H4,80,81,86)(H4,82,83,87)/t41-,47-,48-,49-,50-,51+,52+,53+,54+,55+,62+,63-/m1/s1. The van der Waals surface area contributed by atoms with Gasteiger partial charge in [-0.15, -0.1) is 0 Å². The largest absolute Gasteiger partial charge is 0.480 e. The Morgan fingerprint density at radius 2 is 0.827 bits per heavy atom. The lowest BCUT2D eigenvalue weighted by atomic mass is 9.85. The molecule has 34 nitrogen and oxygen atoms in total. The predicted octanol–water partition coefficient (Wildman–Crippen LogP) is -0.718. The second-order valence-corrected chi connectivity index (χ2v) is 29.1. The number of benzene rings is 3. The number of guanidine groups is 4. The lowest BCUT2D eigenvalue weighted by Crippen LogP contribution is -2.53. The van der Waals surface area contributed by atoms with Crippen LogP contribution < -0.4 is 83.5 Å². The molecule has 26 N–H and O–H groups in total. The average molecular weight is 1570 g/mol. The average Bonchev–Trinajstić information content (AvgIpc) is 0.837. The number of aliphatic carboxylic acids is 1. The Balaban J connectivity index is 2.14. The third-order valence-corrected chi connectivity index (χ3v) is 18.9. The minimum Gasteiger partial charge on any atom is -0.480 e. The normalized spacial score (nSPS) is 14.5. The van der Waals surface area contributed by atoms with Gasteiger partial charge in [-0.2, -0.15) is 25.3 Å². The minimum absolute atomic E-state index is 0.000391. The number of primary amides is 1. The molecule has 3 aromatic carbocycles. The van der Waals surface area contributed by atoms with Crippen LogP contribution >= 0.6 is 25.3 Å². The third kappa shape index (κ3) is 35.4. The van der Waals surface area contributed by atoms with Gasteiger partial charge < -0.3 is 93.7 Å². The molecule has 0 spiro atoms. The molecule has 0 aromatic heterocycles. The van der Waals surface area contributed by atoms with Crippen molar-refractivity contribution in [2.75, 3.05) is 37.7 Å². The first kappa shape index (κ1) is 94.0. The zero-order valence-electron chi connectivity index (χ0n) is 63.2. The molecule has 0 aliphatic rings. The molecule has 0 saturated carbocycles. The smallest absolute Gasteiger partial charge is 0.326 e. The molecular formula is C74H113N19O15S2. The highest BCUT2D eigenvalue weighted by molar-refractivity contribution is 7.80. The number of fused-ring (bicyclic) bond motifs is 1. The van der Waals surface area contributed by atoms with E-state index in [-0.39, 0.29) is 126 Å². The van der Waals surface area contributed by atoms with Crippen LogP contribution in [0.5, 0.6) is 0 Å². The molecule has 3 aromatic rings. The van der Waals surface area contributed by atoms with Gasteiger partial charge in [-0.05, 0) is 105 Å². The number of carbonyl (C=O) groups excluding carboxylic acids is 12. The number of aliphatic hydroxyl groups is 1. The molecule has 0 radical (unpaired) electrons. The van der Waals surface area contributed by atoms with E-state index < -0.39 is 199 Å². The van der Waals surface area contributed by atoms with E-state index in [9.17, 15) is 58.2 Å². The topological polar surface area (TPSA) is 618 Å². The van der Waals surface area contributed by atoms with Crippen LogP contribution in [0, 0.1) is 35.0 Å². The Kier molecular flexibility index (Phi) is 41.3. The number of nitrogens with one attached hydrogen (secondary N) is 6. The Labute approximate surface area is 651 Å². The summed E-state index contributed by atoms with van der Waals surface area (Å²) in [4.78, 5) is 199. The van der Waals surface area contributed by atoms with Crippen molar-refractivity contribution in [3.63, 3.8) is 0 Å². The Bertz CT molecular complexity index is 3750. The fourth-order valence-electron chi connectivity index (χ4n) is 12.2. The fourth-order valence-corrected chi connectivity index (χ4v) is 12.8. The van der Waals surface area contributed by atoms with Gasteiger partial charge in [0, 0.05) is 107 Å². The van der Waals surface area contributed by atoms with Gasteiger partial charge in [0.1, 0.15) is 12.1 Å². The molecule has 0 fully saturated rings. The van der Waals surface area contributed by atoms with Crippen molar-refractivity contribution >= 4 is 136 Å². The van der Waals surface area contributed by atoms with E-state index in [1.165, 1.54) is 13.8 Å². The molecule has 7 amide bonds. The van der Waals surface area contributed by atoms with Crippen LogP contribution in [0.4, 0.5) is 0 Å². The van der Waals surface area contributed by atoms with Crippen LogP contribution in [0.2, 0.25) is 0 Å². The first-order valence-corrected chi connectivity index (χ1v) is 37.7. The molecule has 36 heteroatoms. The highest BCUT2D eigenvalue weighted by atomic mass is 32.1. The van der Waals surface area contributed by atoms with Crippen LogP contribution in [-0.2, 0) is 75.2 Å². The fraction of sp³-hybridized carbons (Fsp3) is 0.554. The number of Topliss-reactive ketones (excluding diaryl/α,β-unsaturated/α-hetero) is 5. The van der Waals surface area contributed by atoms with E-state index in [1.807, 2.05) is 36.4 Å². The molecule has 3 rings (SSSR count). The number of carboxylic acid groups (broad SMARTS) is 1. The summed E-state index contributed by atoms with van der Waals surface area (Å²) < 4.78 is 0. The molecule has 0 bridgehead atoms. The van der Waals surface area contributed by atoms with Crippen LogP contribution in [-0.4, -0.2) is 190 Å². The van der Waals surface area contributed by atoms with Gasteiger partial charge in [-0.25, -0.2) is 4.79 Å². The number of thiol groups is 2. The molecule has 110 heavy (non-hydrogen) atoms. The van der Waals surface area contributed by atoms with Crippen LogP contribution in [0.15, 0.2) is 92.8 Å². The van der Waals surface area contributed by atoms with Gasteiger partial charge in [0.25, 0.3) is 0 Å². The quantitative estimate of drug-likeness (QED) is 0.0144. The summed E-state index contributed by atoms with van der Waals surface area (Å²) in [6.07, 6.45) is -5.06. The highest BCUT2D eigenvalue weighted by Gasteiger charge is 2.40.